The van der Waals surface area contributed by atoms with Crippen molar-refractivity contribution in [2.75, 3.05) is 6.61 Å². The third-order valence-corrected chi connectivity index (χ3v) is 4.80. The quantitative estimate of drug-likeness (QED) is 0.529. The number of aldehydes is 1. The molecular formula is C21H36O3. The molecule has 0 spiro atoms. The van der Waals surface area contributed by atoms with Crippen molar-refractivity contribution in [3.8, 4) is 0 Å². The van der Waals surface area contributed by atoms with Crippen LogP contribution in [-0.2, 0) is 14.3 Å². The first kappa shape index (κ1) is 21.1. The number of carbonyl (C=O) groups is 1. The summed E-state index contributed by atoms with van der Waals surface area (Å²) in [6.45, 7) is 19.8. The fraction of sp³-hybridized carbons (Fsp3) is 0.762. The van der Waals surface area contributed by atoms with E-state index in [0.29, 0.717) is 25.0 Å². The van der Waals surface area contributed by atoms with Crippen molar-refractivity contribution in [3.05, 3.63) is 24.3 Å². The Bertz CT molecular complexity index is 433. The van der Waals surface area contributed by atoms with Gasteiger partial charge >= 0.3 is 0 Å². The summed E-state index contributed by atoms with van der Waals surface area (Å²) < 4.78 is 11.4. The summed E-state index contributed by atoms with van der Waals surface area (Å²) in [7, 11) is 0. The fourth-order valence-electron chi connectivity index (χ4n) is 3.28. The van der Waals surface area contributed by atoms with E-state index in [-0.39, 0.29) is 17.6 Å². The first-order chi connectivity index (χ1) is 11.2. The minimum Gasteiger partial charge on any atom is -0.374 e. The molecule has 4 unspecified atom stereocenters. The van der Waals surface area contributed by atoms with Gasteiger partial charge in [0.05, 0.1) is 24.9 Å². The van der Waals surface area contributed by atoms with E-state index in [2.05, 4.69) is 47.8 Å². The van der Waals surface area contributed by atoms with Gasteiger partial charge in [0.1, 0.15) is 6.29 Å². The summed E-state index contributed by atoms with van der Waals surface area (Å²) >= 11 is 0. The Kier molecular flexibility index (Phi) is 8.38. The summed E-state index contributed by atoms with van der Waals surface area (Å²) in [6.07, 6.45) is 6.51. The molecule has 2 saturated heterocycles. The molecule has 3 nitrogen and oxygen atoms in total. The third-order valence-electron chi connectivity index (χ3n) is 4.80. The fourth-order valence-corrected chi connectivity index (χ4v) is 3.28. The van der Waals surface area contributed by atoms with E-state index in [0.717, 1.165) is 37.5 Å². The van der Waals surface area contributed by atoms with Crippen LogP contribution in [0.3, 0.4) is 0 Å². The lowest BCUT2D eigenvalue weighted by atomic mass is 9.77. The molecule has 24 heavy (non-hydrogen) atoms. The van der Waals surface area contributed by atoms with Gasteiger partial charge in [-0.25, -0.2) is 0 Å². The third kappa shape index (κ3) is 6.52. The van der Waals surface area contributed by atoms with Gasteiger partial charge < -0.3 is 14.3 Å². The van der Waals surface area contributed by atoms with E-state index >= 15 is 0 Å². The number of carbonyl (C=O) groups excluding carboxylic acids is 1. The van der Waals surface area contributed by atoms with E-state index in [1.807, 2.05) is 0 Å². The smallest absolute Gasteiger partial charge is 0.120 e. The average molecular weight is 337 g/mol. The van der Waals surface area contributed by atoms with Crippen LogP contribution in [0.5, 0.6) is 0 Å². The number of hydrogen-bond acceptors (Lipinski definition) is 3. The van der Waals surface area contributed by atoms with Gasteiger partial charge in [-0.15, -0.1) is 0 Å². The van der Waals surface area contributed by atoms with Crippen LogP contribution >= 0.6 is 0 Å². The maximum atomic E-state index is 9.97. The molecule has 0 aromatic heterocycles. The zero-order chi connectivity index (χ0) is 18.3. The molecule has 2 fully saturated rings. The van der Waals surface area contributed by atoms with Gasteiger partial charge in [-0.2, -0.15) is 0 Å². The second-order valence-corrected chi connectivity index (χ2v) is 8.26. The second-order valence-electron chi connectivity index (χ2n) is 8.26. The lowest BCUT2D eigenvalue weighted by molar-refractivity contribution is -0.108. The van der Waals surface area contributed by atoms with Crippen molar-refractivity contribution in [3.63, 3.8) is 0 Å². The number of hydrogen-bond donors (Lipinski definition) is 0. The predicted octanol–water partition coefficient (Wildman–Crippen LogP) is 5.10. The zero-order valence-corrected chi connectivity index (χ0v) is 16.3. The molecule has 2 rings (SSSR count). The van der Waals surface area contributed by atoms with E-state index in [9.17, 15) is 4.79 Å². The van der Waals surface area contributed by atoms with E-state index < -0.39 is 0 Å². The predicted molar refractivity (Wildman–Crippen MR) is 100 cm³/mol. The number of ether oxygens (including phenoxy) is 2. The van der Waals surface area contributed by atoms with Crippen LogP contribution < -0.4 is 0 Å². The van der Waals surface area contributed by atoms with Crippen LogP contribution in [-0.4, -0.2) is 31.2 Å². The van der Waals surface area contributed by atoms with Crippen LogP contribution in [0.15, 0.2) is 24.3 Å². The normalized spacial score (nSPS) is 30.7. The van der Waals surface area contributed by atoms with Crippen LogP contribution in [0.25, 0.3) is 0 Å². The minimum atomic E-state index is 0.180. The Morgan fingerprint density at radius 2 is 1.92 bits per heavy atom. The van der Waals surface area contributed by atoms with Crippen molar-refractivity contribution < 1.29 is 14.3 Å². The first-order valence-corrected chi connectivity index (χ1v) is 9.25. The van der Waals surface area contributed by atoms with Crippen LogP contribution in [0.4, 0.5) is 0 Å². The Balaban J connectivity index is 0.000000254. The van der Waals surface area contributed by atoms with Gasteiger partial charge in [0.2, 0.25) is 0 Å². The molecule has 0 N–H and O–H groups in total. The van der Waals surface area contributed by atoms with Crippen molar-refractivity contribution in [2.24, 2.45) is 11.3 Å². The summed E-state index contributed by atoms with van der Waals surface area (Å²) in [5.41, 5.74) is 2.61. The molecule has 0 aliphatic carbocycles. The lowest BCUT2D eigenvalue weighted by Gasteiger charge is -2.42. The van der Waals surface area contributed by atoms with Crippen LogP contribution in [0.2, 0.25) is 0 Å². The van der Waals surface area contributed by atoms with E-state index in [4.69, 9.17) is 9.47 Å². The van der Waals surface area contributed by atoms with E-state index in [1.54, 1.807) is 0 Å². The lowest BCUT2D eigenvalue weighted by Crippen LogP contribution is -2.41. The molecule has 2 heterocycles. The van der Waals surface area contributed by atoms with Crippen molar-refractivity contribution >= 4 is 6.29 Å². The molecule has 2 aliphatic heterocycles. The SMILES string of the molecule is C=C1C(C)CC(CC)OC1C(C)(C)C.C=C1COC(CCC=O)C1. The van der Waals surface area contributed by atoms with Gasteiger partial charge in [-0.05, 0) is 48.2 Å². The molecule has 0 bridgehead atoms. The van der Waals surface area contributed by atoms with Gasteiger partial charge in [0.15, 0.2) is 0 Å². The van der Waals surface area contributed by atoms with Crippen LogP contribution in [0.1, 0.15) is 66.7 Å². The molecule has 0 aromatic carbocycles. The van der Waals surface area contributed by atoms with Gasteiger partial charge in [-0.3, -0.25) is 0 Å². The molecular weight excluding hydrogens is 300 g/mol. The summed E-state index contributed by atoms with van der Waals surface area (Å²) in [5, 5.41) is 0. The molecule has 0 aromatic rings. The first-order valence-electron chi connectivity index (χ1n) is 9.25. The summed E-state index contributed by atoms with van der Waals surface area (Å²) in [5.74, 6) is 0.609. The van der Waals surface area contributed by atoms with Crippen molar-refractivity contribution in [1.29, 1.82) is 0 Å². The highest BCUT2D eigenvalue weighted by Crippen LogP contribution is 2.38. The highest BCUT2D eigenvalue weighted by molar-refractivity contribution is 5.49. The summed E-state index contributed by atoms with van der Waals surface area (Å²) in [4.78, 5) is 9.97. The molecule has 2 aliphatic rings. The zero-order valence-electron chi connectivity index (χ0n) is 16.3. The Morgan fingerprint density at radius 1 is 1.25 bits per heavy atom. The summed E-state index contributed by atoms with van der Waals surface area (Å²) in [6, 6.07) is 0. The molecule has 0 radical (unpaired) electrons. The van der Waals surface area contributed by atoms with Gasteiger partial charge in [-0.1, -0.05) is 47.8 Å². The topological polar surface area (TPSA) is 35.5 Å². The maximum Gasteiger partial charge on any atom is 0.120 e. The number of rotatable bonds is 4. The van der Waals surface area contributed by atoms with Crippen molar-refractivity contribution in [2.45, 2.75) is 85.0 Å². The molecule has 138 valence electrons. The van der Waals surface area contributed by atoms with E-state index in [1.165, 1.54) is 5.57 Å². The molecule has 0 amide bonds. The average Bonchev–Trinajstić information content (AvgIpc) is 2.92. The monoisotopic (exact) mass is 336 g/mol. The Labute approximate surface area is 148 Å². The second kappa shape index (κ2) is 9.53. The molecule has 0 saturated carbocycles. The standard InChI is InChI=1S/C13H24O.C8H12O2/c1-7-11-8-9(2)10(3)12(14-11)13(4,5)6;1-7-5-8(10-6-7)3-2-4-9/h9,11-12H,3,7-8H2,1-2,4-6H3;4,8H,1-3,5-6H2. The Morgan fingerprint density at radius 3 is 2.38 bits per heavy atom. The molecule has 3 heteroatoms. The van der Waals surface area contributed by atoms with Crippen molar-refractivity contribution in [1.82, 2.24) is 0 Å². The minimum absolute atomic E-state index is 0.180. The van der Waals surface area contributed by atoms with Gasteiger partial charge in [0, 0.05) is 6.42 Å². The molecule has 4 atom stereocenters. The van der Waals surface area contributed by atoms with Crippen LogP contribution in [0, 0.1) is 11.3 Å². The highest BCUT2D eigenvalue weighted by Gasteiger charge is 2.36. The van der Waals surface area contributed by atoms with Gasteiger partial charge in [0.25, 0.3) is 0 Å². The maximum absolute atomic E-state index is 9.97. The highest BCUT2D eigenvalue weighted by atomic mass is 16.5. The largest absolute Gasteiger partial charge is 0.374 e. The Hall–Kier alpha value is -0.930.